The van der Waals surface area contributed by atoms with Gasteiger partial charge in [-0.2, -0.15) is 0 Å². The first kappa shape index (κ1) is 42.1. The molecule has 296 valence electrons. The number of carbonyl (C=O) groups excluding carboxylic acids is 1. The first-order valence-electron chi connectivity index (χ1n) is 21.1. The van der Waals surface area contributed by atoms with Gasteiger partial charge in [-0.25, -0.2) is 4.79 Å². The number of hydrogen-bond acceptors (Lipinski definition) is 5. The van der Waals surface area contributed by atoms with Crippen LogP contribution in [0.2, 0.25) is 5.02 Å². The van der Waals surface area contributed by atoms with Gasteiger partial charge in [0.25, 0.3) is 0 Å². The predicted molar refractivity (Wildman–Crippen MR) is 225 cm³/mol. The number of pyridine rings is 1. The zero-order chi connectivity index (χ0) is 37.0. The second kappa shape index (κ2) is 18.3. The summed E-state index contributed by atoms with van der Waals surface area (Å²) >= 11 is 6.22. The van der Waals surface area contributed by atoms with E-state index in [1.807, 2.05) is 29.2 Å². The van der Waals surface area contributed by atoms with Crippen LogP contribution in [0.5, 0.6) is 0 Å². The maximum absolute atomic E-state index is 13.9. The molecule has 0 bridgehead atoms. The average Bonchev–Trinajstić information content (AvgIpc) is 3.48. The van der Waals surface area contributed by atoms with Crippen LogP contribution in [0.25, 0.3) is 10.9 Å². The number of aromatic nitrogens is 1. The Morgan fingerprint density at radius 3 is 2.55 bits per heavy atom. The van der Waals surface area contributed by atoms with Crippen LogP contribution in [0.1, 0.15) is 119 Å². The number of hydrogen-bond donors (Lipinski definition) is 1. The summed E-state index contributed by atoms with van der Waals surface area (Å²) in [7, 11) is 0. The second-order valence-corrected chi connectivity index (χ2v) is 18.4. The summed E-state index contributed by atoms with van der Waals surface area (Å²) < 4.78 is 6.42. The molecule has 1 aromatic heterocycles. The number of nitrogens with one attached hydrogen (secondary N) is 1. The minimum Gasteiger partial charge on any atom is -0.446 e. The van der Waals surface area contributed by atoms with Crippen LogP contribution >= 0.6 is 24.0 Å². The molecule has 4 aliphatic carbocycles. The van der Waals surface area contributed by atoms with Crippen molar-refractivity contribution in [3.05, 3.63) is 47.1 Å². The number of ether oxygens (including phenoxy) is 1. The summed E-state index contributed by atoms with van der Waals surface area (Å²) in [4.78, 5) is 22.7. The largest absolute Gasteiger partial charge is 0.446 e. The normalized spacial score (nSPS) is 29.8. The Balaban J connectivity index is 0.00000541. The molecule has 53 heavy (non-hydrogen) atoms. The molecular formula is C45H70Cl2N4O2. The van der Waals surface area contributed by atoms with Crippen LogP contribution in [0.3, 0.4) is 0 Å². The van der Waals surface area contributed by atoms with E-state index in [0.717, 1.165) is 91.0 Å². The van der Waals surface area contributed by atoms with Gasteiger partial charge in [0.15, 0.2) is 0 Å². The molecule has 0 saturated heterocycles. The Morgan fingerprint density at radius 1 is 1.00 bits per heavy atom. The van der Waals surface area contributed by atoms with Crippen LogP contribution in [0.4, 0.5) is 10.5 Å². The molecule has 0 radical (unpaired) electrons. The van der Waals surface area contributed by atoms with Crippen LogP contribution in [0, 0.1) is 46.3 Å². The Labute approximate surface area is 333 Å². The number of anilines is 1. The lowest BCUT2D eigenvalue weighted by Crippen LogP contribution is -2.51. The lowest BCUT2D eigenvalue weighted by molar-refractivity contribution is -0.0593. The zero-order valence-electron chi connectivity index (χ0n) is 34.0. The van der Waals surface area contributed by atoms with E-state index >= 15 is 0 Å². The Morgan fingerprint density at radius 2 is 1.79 bits per heavy atom. The number of fused-ring (bicyclic) bond motifs is 6. The molecule has 8 atom stereocenters. The van der Waals surface area contributed by atoms with Gasteiger partial charge >= 0.3 is 6.09 Å². The smallest absolute Gasteiger partial charge is 0.410 e. The third kappa shape index (κ3) is 9.18. The Bertz CT molecular complexity index is 1550. The first-order valence-corrected chi connectivity index (χ1v) is 21.5. The van der Waals surface area contributed by atoms with Crippen molar-refractivity contribution < 1.29 is 9.53 Å². The number of rotatable bonds is 15. The predicted octanol–water partition coefficient (Wildman–Crippen LogP) is 11.9. The minimum absolute atomic E-state index is 0. The van der Waals surface area contributed by atoms with Crippen LogP contribution < -0.4 is 5.32 Å². The molecule has 2 aromatic rings. The van der Waals surface area contributed by atoms with Gasteiger partial charge in [0, 0.05) is 54.9 Å². The van der Waals surface area contributed by atoms with Crippen molar-refractivity contribution in [3.63, 3.8) is 0 Å². The fourth-order valence-electron chi connectivity index (χ4n) is 11.7. The summed E-state index contributed by atoms with van der Waals surface area (Å²) in [5.41, 5.74) is 4.20. The molecule has 6 nitrogen and oxygen atoms in total. The highest BCUT2D eigenvalue weighted by molar-refractivity contribution is 6.31. The molecule has 0 aliphatic heterocycles. The van der Waals surface area contributed by atoms with Crippen molar-refractivity contribution in [1.29, 1.82) is 0 Å². The zero-order valence-corrected chi connectivity index (χ0v) is 35.5. The van der Waals surface area contributed by atoms with E-state index in [9.17, 15) is 4.79 Å². The number of halogens is 2. The van der Waals surface area contributed by atoms with Gasteiger partial charge in [0.2, 0.25) is 0 Å². The van der Waals surface area contributed by atoms with E-state index in [1.165, 1.54) is 51.4 Å². The SMILES string of the molecule is CCN(CC)CCN(CCNc1ccnc2cc(Cl)ccc12)C(=O)O[C@H]1CC[C@@]2(C)C(=CC[C@H]3[C@@H]4CC[C@H]([C@H](C)CCCC(C)C)[C@@]4(C)CC[C@@H]32)C1.Cl. The summed E-state index contributed by atoms with van der Waals surface area (Å²) in [5, 5.41) is 5.27. The van der Waals surface area contributed by atoms with Crippen LogP contribution in [-0.2, 0) is 4.74 Å². The lowest BCUT2D eigenvalue weighted by atomic mass is 9.47. The van der Waals surface area contributed by atoms with E-state index in [1.54, 1.807) is 11.8 Å². The Kier molecular flexibility index (Phi) is 14.5. The maximum atomic E-state index is 13.9. The van der Waals surface area contributed by atoms with Gasteiger partial charge in [0.1, 0.15) is 6.10 Å². The molecule has 1 aromatic carbocycles. The molecule has 8 heteroatoms. The van der Waals surface area contributed by atoms with Crippen molar-refractivity contribution in [2.45, 2.75) is 125 Å². The molecule has 1 heterocycles. The lowest BCUT2D eigenvalue weighted by Gasteiger charge is -2.58. The minimum atomic E-state index is -0.170. The third-order valence-electron chi connectivity index (χ3n) is 14.8. The number of amides is 1. The van der Waals surface area contributed by atoms with Crippen LogP contribution in [0.15, 0.2) is 42.1 Å². The highest BCUT2D eigenvalue weighted by Gasteiger charge is 2.59. The van der Waals surface area contributed by atoms with Crippen molar-refractivity contribution in [3.8, 4) is 0 Å². The summed E-state index contributed by atoms with van der Waals surface area (Å²) in [6.45, 7) is 21.6. The highest BCUT2D eigenvalue weighted by Crippen LogP contribution is 2.67. The number of nitrogens with zero attached hydrogens (tertiary/aromatic N) is 3. The van der Waals surface area contributed by atoms with Gasteiger partial charge < -0.3 is 19.9 Å². The van der Waals surface area contributed by atoms with E-state index in [2.05, 4.69) is 69.7 Å². The van der Waals surface area contributed by atoms with E-state index in [0.29, 0.717) is 30.1 Å². The molecule has 3 saturated carbocycles. The summed E-state index contributed by atoms with van der Waals surface area (Å²) in [5.74, 6) is 5.01. The molecule has 4 aliphatic rings. The third-order valence-corrected chi connectivity index (χ3v) is 15.0. The van der Waals surface area contributed by atoms with Crippen molar-refractivity contribution in [2.24, 2.45) is 46.3 Å². The standard InChI is InChI=1S/C45H69ClN4O2.ClH/c1-8-49(9-2)27-28-50(26-25-48-41-21-24-47-42-30-34(46)14-16-37(41)42)43(51)52-35-19-22-44(6)33(29-35)13-15-36-39-18-17-38(32(5)12-10-11-31(3)4)45(39,7)23-20-40(36)44;/h13-14,16,21,24,30-32,35-36,38-40H,8-12,15,17-20,22-23,25-29H2,1-7H3,(H,47,48);1H/t32-,35+,36+,38-,39+,40+,44+,45-;/m1./s1. The summed E-state index contributed by atoms with van der Waals surface area (Å²) in [6.07, 6.45) is 18.2. The van der Waals surface area contributed by atoms with E-state index in [4.69, 9.17) is 16.3 Å². The molecule has 3 fully saturated rings. The van der Waals surface area contributed by atoms with E-state index in [-0.39, 0.29) is 30.0 Å². The fraction of sp³-hybridized carbons (Fsp3) is 0.733. The van der Waals surface area contributed by atoms with Crippen molar-refractivity contribution in [1.82, 2.24) is 14.8 Å². The maximum Gasteiger partial charge on any atom is 0.410 e. The number of benzene rings is 1. The average molecular weight is 770 g/mol. The second-order valence-electron chi connectivity index (χ2n) is 18.0. The molecule has 1 amide bonds. The van der Waals surface area contributed by atoms with Crippen LogP contribution in [-0.4, -0.2) is 66.2 Å². The molecule has 6 rings (SSSR count). The first-order chi connectivity index (χ1) is 25.0. The van der Waals surface area contributed by atoms with Crippen molar-refractivity contribution in [2.75, 3.05) is 44.6 Å². The fourth-order valence-corrected chi connectivity index (χ4v) is 11.8. The van der Waals surface area contributed by atoms with Gasteiger partial charge in [-0.3, -0.25) is 4.98 Å². The van der Waals surface area contributed by atoms with Gasteiger partial charge in [0.05, 0.1) is 5.52 Å². The van der Waals surface area contributed by atoms with Crippen molar-refractivity contribution >= 4 is 46.7 Å². The van der Waals surface area contributed by atoms with E-state index < -0.39 is 0 Å². The topological polar surface area (TPSA) is 57.7 Å². The summed E-state index contributed by atoms with van der Waals surface area (Å²) in [6, 6.07) is 7.78. The molecule has 1 N–H and O–H groups in total. The monoisotopic (exact) mass is 768 g/mol. The number of allylic oxidation sites excluding steroid dienone is 1. The van der Waals surface area contributed by atoms with Gasteiger partial charge in [-0.05, 0) is 129 Å². The number of likely N-dealkylation sites (N-methyl/N-ethyl adjacent to an activating group) is 1. The molecular weight excluding hydrogens is 699 g/mol. The highest BCUT2D eigenvalue weighted by atomic mass is 35.5. The Hall–Kier alpha value is -2.02. The quantitative estimate of drug-likeness (QED) is 0.183. The van der Waals surface area contributed by atoms with Gasteiger partial charge in [-0.15, -0.1) is 12.4 Å². The molecule has 0 unspecified atom stereocenters. The molecule has 0 spiro atoms. The van der Waals surface area contributed by atoms with Gasteiger partial charge in [-0.1, -0.05) is 91.0 Å². The number of carbonyl (C=O) groups is 1.